The topological polar surface area (TPSA) is 110 Å². The van der Waals surface area contributed by atoms with Crippen molar-refractivity contribution in [1.82, 2.24) is 9.55 Å². The molecule has 0 bridgehead atoms. The van der Waals surface area contributed by atoms with E-state index in [1.54, 1.807) is 0 Å². The van der Waals surface area contributed by atoms with E-state index in [-0.39, 0.29) is 30.3 Å². The molecular weight excluding hydrogens is 441 g/mol. The molecule has 0 unspecified atom stereocenters. The molecule has 3 N–H and O–H groups in total. The lowest BCUT2D eigenvalue weighted by Gasteiger charge is -2.24. The number of carbonyl (C=O) groups is 1. The van der Waals surface area contributed by atoms with Gasteiger partial charge in [-0.1, -0.05) is 39.2 Å². The number of hydrogen-bond acceptors (Lipinski definition) is 5. The Kier molecular flexibility index (Phi) is 9.12. The summed E-state index contributed by atoms with van der Waals surface area (Å²) in [6.45, 7) is 3.69. The van der Waals surface area contributed by atoms with Crippen molar-refractivity contribution < 1.29 is 22.7 Å². The van der Waals surface area contributed by atoms with Crippen molar-refractivity contribution in [1.29, 1.82) is 0 Å². The molecule has 0 fully saturated rings. The average molecular weight is 470 g/mol. The number of aromatic amines is 1. The highest BCUT2D eigenvalue weighted by Gasteiger charge is 2.31. The molecule has 0 radical (unpaired) electrons. The first kappa shape index (κ1) is 26.0. The molecule has 1 amide bonds. The van der Waals surface area contributed by atoms with Crippen LogP contribution in [0.15, 0.2) is 33.9 Å². The molecule has 2 aromatic rings. The van der Waals surface area contributed by atoms with E-state index in [4.69, 9.17) is 10.5 Å². The van der Waals surface area contributed by atoms with Crippen LogP contribution in [0, 0.1) is 0 Å². The van der Waals surface area contributed by atoms with Crippen LogP contribution >= 0.6 is 0 Å². The Balaban J connectivity index is 2.34. The quantitative estimate of drug-likeness (QED) is 0.488. The predicted octanol–water partition coefficient (Wildman–Crippen LogP) is 3.54. The number of nitrogens with two attached hydrogens (primary N) is 1. The molecule has 0 spiro atoms. The maximum Gasteiger partial charge on any atom is 0.416 e. The minimum absolute atomic E-state index is 0.137. The number of anilines is 2. The third kappa shape index (κ3) is 6.87. The number of carbonyl (C=O) groups excluding carboxylic acids is 1. The lowest BCUT2D eigenvalue weighted by molar-refractivity contribution is -0.137. The fourth-order valence-electron chi connectivity index (χ4n) is 3.24. The second kappa shape index (κ2) is 11.6. The van der Waals surface area contributed by atoms with Crippen LogP contribution in [-0.4, -0.2) is 28.6 Å². The van der Waals surface area contributed by atoms with Crippen LogP contribution in [0.25, 0.3) is 0 Å². The average Bonchev–Trinajstić information content (AvgIpc) is 2.76. The number of unbranched alkanes of at least 4 members (excludes halogenated alkanes) is 3. The van der Waals surface area contributed by atoms with Gasteiger partial charge in [0, 0.05) is 13.1 Å². The Hall–Kier alpha value is -3.24. The van der Waals surface area contributed by atoms with Gasteiger partial charge in [-0.05, 0) is 31.0 Å². The van der Waals surface area contributed by atoms with Crippen LogP contribution in [0.4, 0.5) is 24.7 Å². The molecule has 182 valence electrons. The molecule has 0 aliphatic carbocycles. The summed E-state index contributed by atoms with van der Waals surface area (Å²) in [5.74, 6) is -0.941. The molecule has 11 heteroatoms. The second-order valence-corrected chi connectivity index (χ2v) is 7.57. The number of hydrogen-bond donors (Lipinski definition) is 2. The van der Waals surface area contributed by atoms with Crippen LogP contribution in [0.3, 0.4) is 0 Å². The third-order valence-electron chi connectivity index (χ3n) is 5.03. The first-order valence-corrected chi connectivity index (χ1v) is 10.8. The minimum atomic E-state index is -4.55. The van der Waals surface area contributed by atoms with Gasteiger partial charge < -0.3 is 15.4 Å². The fourth-order valence-corrected chi connectivity index (χ4v) is 3.24. The molecule has 33 heavy (non-hydrogen) atoms. The van der Waals surface area contributed by atoms with E-state index in [1.807, 2.05) is 13.8 Å². The zero-order valence-corrected chi connectivity index (χ0v) is 18.7. The molecule has 0 aliphatic rings. The van der Waals surface area contributed by atoms with Gasteiger partial charge in [0.05, 0.1) is 5.56 Å². The van der Waals surface area contributed by atoms with Crippen LogP contribution in [-0.2, 0) is 17.5 Å². The van der Waals surface area contributed by atoms with Crippen molar-refractivity contribution in [2.75, 3.05) is 23.8 Å². The van der Waals surface area contributed by atoms with Gasteiger partial charge in [-0.2, -0.15) is 13.2 Å². The summed E-state index contributed by atoms with van der Waals surface area (Å²) < 4.78 is 45.3. The molecule has 0 saturated heterocycles. The highest BCUT2D eigenvalue weighted by Crippen LogP contribution is 2.31. The Morgan fingerprint density at radius 1 is 1.15 bits per heavy atom. The van der Waals surface area contributed by atoms with Gasteiger partial charge in [0.15, 0.2) is 12.3 Å². The Morgan fingerprint density at radius 2 is 1.85 bits per heavy atom. The lowest BCUT2D eigenvalue weighted by Crippen LogP contribution is -2.43. The van der Waals surface area contributed by atoms with Crippen LogP contribution in [0.2, 0.25) is 0 Å². The number of nitrogens with one attached hydrogen (secondary N) is 1. The smallest absolute Gasteiger partial charge is 0.416 e. The zero-order valence-electron chi connectivity index (χ0n) is 18.7. The summed E-state index contributed by atoms with van der Waals surface area (Å²) in [4.78, 5) is 41.1. The van der Waals surface area contributed by atoms with Crippen molar-refractivity contribution in [3.63, 3.8) is 0 Å². The minimum Gasteiger partial charge on any atom is -0.484 e. The van der Waals surface area contributed by atoms with Crippen LogP contribution in [0.1, 0.15) is 51.5 Å². The number of alkyl halides is 3. The number of aromatic nitrogens is 2. The zero-order chi connectivity index (χ0) is 24.6. The summed E-state index contributed by atoms with van der Waals surface area (Å²) in [6, 6.07) is 4.16. The van der Waals surface area contributed by atoms with Crippen molar-refractivity contribution in [2.24, 2.45) is 0 Å². The maximum atomic E-state index is 13.0. The SMILES string of the molecule is CCCCCN(C(=O)COc1cccc(C(F)(F)F)c1)c1c(N)n(CCCC)c(=O)[nH]c1=O. The Morgan fingerprint density at radius 3 is 2.48 bits per heavy atom. The highest BCUT2D eigenvalue weighted by molar-refractivity contribution is 5.96. The number of halogens is 3. The number of amides is 1. The van der Waals surface area contributed by atoms with Gasteiger partial charge >= 0.3 is 11.9 Å². The van der Waals surface area contributed by atoms with E-state index in [0.717, 1.165) is 36.3 Å². The number of rotatable bonds is 11. The van der Waals surface area contributed by atoms with Gasteiger partial charge in [0.1, 0.15) is 11.6 Å². The molecule has 1 aromatic carbocycles. The fraction of sp³-hybridized carbons (Fsp3) is 0.500. The summed E-state index contributed by atoms with van der Waals surface area (Å²) in [5, 5.41) is 0. The summed E-state index contributed by atoms with van der Waals surface area (Å²) >= 11 is 0. The first-order valence-electron chi connectivity index (χ1n) is 10.8. The standard InChI is InChI=1S/C22H29F3N4O4/c1-3-5-7-12-28(18-19(26)29(11-6-4-2)21(32)27-20(18)31)17(30)14-33-16-10-8-9-15(13-16)22(23,24)25/h8-10,13H,3-7,11-12,14,26H2,1-2H3,(H,27,31,32). The van der Waals surface area contributed by atoms with E-state index in [0.29, 0.717) is 12.8 Å². The molecule has 8 nitrogen and oxygen atoms in total. The summed E-state index contributed by atoms with van der Waals surface area (Å²) in [6.07, 6.45) is -0.958. The highest BCUT2D eigenvalue weighted by atomic mass is 19.4. The summed E-state index contributed by atoms with van der Waals surface area (Å²) in [7, 11) is 0. The molecule has 1 heterocycles. The van der Waals surface area contributed by atoms with Crippen LogP contribution in [0.5, 0.6) is 5.75 Å². The lowest BCUT2D eigenvalue weighted by atomic mass is 10.2. The normalized spacial score (nSPS) is 11.4. The Labute approximate surface area is 189 Å². The third-order valence-corrected chi connectivity index (χ3v) is 5.03. The second-order valence-electron chi connectivity index (χ2n) is 7.57. The molecule has 1 aromatic heterocycles. The van der Waals surface area contributed by atoms with Gasteiger partial charge in [0.2, 0.25) is 0 Å². The van der Waals surface area contributed by atoms with E-state index >= 15 is 0 Å². The molecule has 0 atom stereocenters. The van der Waals surface area contributed by atoms with Gasteiger partial charge in [0.25, 0.3) is 11.5 Å². The van der Waals surface area contributed by atoms with Crippen molar-refractivity contribution in [3.8, 4) is 5.75 Å². The number of nitrogens with zero attached hydrogens (tertiary/aromatic N) is 2. The van der Waals surface area contributed by atoms with Crippen molar-refractivity contribution in [3.05, 3.63) is 50.7 Å². The number of H-pyrrole nitrogens is 1. The van der Waals surface area contributed by atoms with Gasteiger partial charge in [-0.3, -0.25) is 19.1 Å². The van der Waals surface area contributed by atoms with Crippen molar-refractivity contribution in [2.45, 2.75) is 58.7 Å². The van der Waals surface area contributed by atoms with E-state index in [1.165, 1.54) is 16.7 Å². The number of nitrogen functional groups attached to an aromatic ring is 1. The predicted molar refractivity (Wildman–Crippen MR) is 119 cm³/mol. The van der Waals surface area contributed by atoms with Crippen LogP contribution < -0.4 is 26.6 Å². The van der Waals surface area contributed by atoms with Crippen molar-refractivity contribution >= 4 is 17.4 Å². The van der Waals surface area contributed by atoms with Gasteiger partial charge in [-0.15, -0.1) is 0 Å². The monoisotopic (exact) mass is 470 g/mol. The van der Waals surface area contributed by atoms with E-state index < -0.39 is 35.5 Å². The number of benzene rings is 1. The summed E-state index contributed by atoms with van der Waals surface area (Å²) in [5.41, 5.74) is 3.57. The molecule has 0 aliphatic heterocycles. The van der Waals surface area contributed by atoms with Gasteiger partial charge in [-0.25, -0.2) is 4.79 Å². The molecule has 2 rings (SSSR count). The Bertz CT molecular complexity index is 1060. The maximum absolute atomic E-state index is 13.0. The largest absolute Gasteiger partial charge is 0.484 e. The first-order chi connectivity index (χ1) is 15.6. The van der Waals surface area contributed by atoms with E-state index in [9.17, 15) is 27.6 Å². The molecular formula is C22H29F3N4O4. The van der Waals surface area contributed by atoms with E-state index in [2.05, 4.69) is 4.98 Å². The molecule has 0 saturated carbocycles. The number of ether oxygens (including phenoxy) is 1.